The molecule has 25 heavy (non-hydrogen) atoms. The molecule has 0 aliphatic heterocycles. The summed E-state index contributed by atoms with van der Waals surface area (Å²) in [6, 6.07) is 6.93. The number of ether oxygens (including phenoxy) is 1. The van der Waals surface area contributed by atoms with Gasteiger partial charge in [-0.15, -0.1) is 0 Å². The zero-order valence-electron chi connectivity index (χ0n) is 13.7. The number of nitrogens with zero attached hydrogens (tertiary/aromatic N) is 2. The van der Waals surface area contributed by atoms with E-state index in [1.54, 1.807) is 42.9 Å². The number of carbonyl (C=O) groups excluding carboxylic acids is 1. The second-order valence-electron chi connectivity index (χ2n) is 6.44. The Hall–Kier alpha value is -2.51. The molecule has 2 heterocycles. The highest BCUT2D eigenvalue weighted by molar-refractivity contribution is 5.93. The largest absolute Gasteiger partial charge is 0.491 e. The Morgan fingerprint density at radius 3 is 2.44 bits per heavy atom. The molecule has 1 aliphatic carbocycles. The smallest absolute Gasteiger partial charge is 0.252 e. The van der Waals surface area contributed by atoms with Gasteiger partial charge in [0, 0.05) is 30.6 Å². The van der Waals surface area contributed by atoms with Gasteiger partial charge in [-0.1, -0.05) is 0 Å². The van der Waals surface area contributed by atoms with Gasteiger partial charge in [0.1, 0.15) is 5.75 Å². The lowest BCUT2D eigenvalue weighted by Gasteiger charge is -2.29. The van der Waals surface area contributed by atoms with Crippen molar-refractivity contribution >= 4 is 5.91 Å². The van der Waals surface area contributed by atoms with Crippen LogP contribution in [0.15, 0.2) is 49.1 Å². The number of rotatable bonds is 6. The lowest BCUT2D eigenvalue weighted by atomic mass is 9.86. The maximum absolute atomic E-state index is 12.3. The highest BCUT2D eigenvalue weighted by Crippen LogP contribution is 2.38. The molecule has 0 spiro atoms. The third kappa shape index (κ3) is 4.32. The van der Waals surface area contributed by atoms with E-state index in [9.17, 15) is 15.0 Å². The Kier molecular flexibility index (Phi) is 5.25. The van der Waals surface area contributed by atoms with Crippen LogP contribution < -0.4 is 10.1 Å². The van der Waals surface area contributed by atoms with Crippen LogP contribution >= 0.6 is 0 Å². The Labute approximate surface area is 145 Å². The van der Waals surface area contributed by atoms with Gasteiger partial charge in [0.2, 0.25) is 0 Å². The van der Waals surface area contributed by atoms with Gasteiger partial charge in [-0.2, -0.15) is 0 Å². The lowest BCUT2D eigenvalue weighted by Crippen LogP contribution is -2.40. The van der Waals surface area contributed by atoms with Gasteiger partial charge in [-0.25, -0.2) is 0 Å². The van der Waals surface area contributed by atoms with Crippen LogP contribution in [0.5, 0.6) is 5.75 Å². The topological polar surface area (TPSA) is 105 Å². The van der Waals surface area contributed by atoms with E-state index >= 15 is 0 Å². The van der Waals surface area contributed by atoms with E-state index in [1.165, 1.54) is 6.20 Å². The van der Waals surface area contributed by atoms with Crippen LogP contribution in [0.25, 0.3) is 0 Å². The average molecular weight is 343 g/mol. The molecule has 0 aromatic carbocycles. The van der Waals surface area contributed by atoms with Gasteiger partial charge in [0.15, 0.2) is 0 Å². The predicted octanol–water partition coefficient (Wildman–Crippen LogP) is 0.787. The van der Waals surface area contributed by atoms with Crippen molar-refractivity contribution < 1.29 is 19.7 Å². The minimum atomic E-state index is -0.826. The van der Waals surface area contributed by atoms with Crippen LogP contribution in [0, 0.1) is 5.41 Å². The fourth-order valence-corrected chi connectivity index (χ4v) is 3.09. The first-order chi connectivity index (χ1) is 12.1. The minimum Gasteiger partial charge on any atom is -0.491 e. The first-order valence-corrected chi connectivity index (χ1v) is 8.15. The van der Waals surface area contributed by atoms with Crippen LogP contribution in [-0.2, 0) is 0 Å². The van der Waals surface area contributed by atoms with E-state index in [2.05, 4.69) is 15.3 Å². The van der Waals surface area contributed by atoms with E-state index in [4.69, 9.17) is 4.74 Å². The molecule has 1 unspecified atom stereocenters. The van der Waals surface area contributed by atoms with Crippen molar-refractivity contribution in [2.24, 2.45) is 5.41 Å². The third-order valence-electron chi connectivity index (χ3n) is 4.46. The summed E-state index contributed by atoms with van der Waals surface area (Å²) in [5, 5.41) is 22.8. The molecule has 3 N–H and O–H groups in total. The van der Waals surface area contributed by atoms with Crippen LogP contribution in [0.2, 0.25) is 0 Å². The summed E-state index contributed by atoms with van der Waals surface area (Å²) in [5.41, 5.74) is -0.0862. The highest BCUT2D eigenvalue weighted by atomic mass is 16.5. The first-order valence-electron chi connectivity index (χ1n) is 8.15. The monoisotopic (exact) mass is 343 g/mol. The molecule has 132 valence electrons. The van der Waals surface area contributed by atoms with Gasteiger partial charge in [-0.05, 0) is 37.1 Å². The van der Waals surface area contributed by atoms with E-state index in [-0.39, 0.29) is 19.1 Å². The number of hydrogen-bond donors (Lipinski definition) is 3. The van der Waals surface area contributed by atoms with Gasteiger partial charge < -0.3 is 20.3 Å². The number of aliphatic hydroxyl groups is 2. The molecular formula is C18H21N3O4. The van der Waals surface area contributed by atoms with E-state index in [1.807, 2.05) is 0 Å². The quantitative estimate of drug-likeness (QED) is 0.716. The number of hydrogen-bond acceptors (Lipinski definition) is 6. The number of aromatic nitrogens is 2. The molecule has 0 bridgehead atoms. The number of nitrogens with one attached hydrogen (secondary N) is 1. The molecule has 3 rings (SSSR count). The highest BCUT2D eigenvalue weighted by Gasteiger charge is 2.45. The molecule has 2 aromatic rings. The second-order valence-corrected chi connectivity index (χ2v) is 6.44. The second kappa shape index (κ2) is 7.58. The molecule has 7 nitrogen and oxygen atoms in total. The number of aliphatic hydroxyl groups excluding tert-OH is 2. The number of carbonyl (C=O) groups is 1. The average Bonchev–Trinajstić information content (AvgIpc) is 2.94. The third-order valence-corrected chi connectivity index (χ3v) is 4.46. The summed E-state index contributed by atoms with van der Waals surface area (Å²) in [7, 11) is 0. The molecule has 1 amide bonds. The van der Waals surface area contributed by atoms with Crippen LogP contribution in [-0.4, -0.2) is 51.4 Å². The van der Waals surface area contributed by atoms with Crippen molar-refractivity contribution in [1.82, 2.24) is 15.3 Å². The van der Waals surface area contributed by atoms with Crippen LogP contribution in [0.4, 0.5) is 0 Å². The van der Waals surface area contributed by atoms with Crippen molar-refractivity contribution in [3.63, 3.8) is 0 Å². The maximum atomic E-state index is 12.3. The lowest BCUT2D eigenvalue weighted by molar-refractivity contribution is 0.0438. The van der Waals surface area contributed by atoms with Crippen LogP contribution in [0.1, 0.15) is 23.2 Å². The summed E-state index contributed by atoms with van der Waals surface area (Å²) in [4.78, 5) is 20.2. The summed E-state index contributed by atoms with van der Waals surface area (Å²) in [6.45, 7) is 0.551. The Balaban J connectivity index is 1.66. The molecule has 1 aliphatic rings. The SMILES string of the molecule is O=C(NCC1(COc2cccnc2)C[C@@H](O)[C@@H](O)C1)c1cccnc1. The molecule has 7 heteroatoms. The standard InChI is InChI=1S/C18H21N3O4/c22-15-7-18(8-16(15)23,12-25-14-4-2-6-20-10-14)11-21-17(24)13-3-1-5-19-9-13/h1-6,9-10,15-16,22-23H,7-8,11-12H2,(H,21,24)/t15-,16+,18?. The molecule has 0 radical (unpaired) electrons. The first kappa shape index (κ1) is 17.3. The minimum absolute atomic E-state index is 0.246. The number of pyridine rings is 2. The van der Waals surface area contributed by atoms with E-state index in [0.717, 1.165) is 0 Å². The molecule has 0 saturated heterocycles. The molecule has 1 fully saturated rings. The Morgan fingerprint density at radius 2 is 1.84 bits per heavy atom. The Bertz CT molecular complexity index is 686. The normalized spacial score (nSPS) is 25.5. The summed E-state index contributed by atoms with van der Waals surface area (Å²) in [5.74, 6) is 0.362. The molecule has 2 aromatic heterocycles. The van der Waals surface area contributed by atoms with Crippen molar-refractivity contribution in [3.8, 4) is 5.75 Å². The van der Waals surface area contributed by atoms with Crippen molar-refractivity contribution in [2.75, 3.05) is 13.2 Å². The summed E-state index contributed by atoms with van der Waals surface area (Å²) >= 11 is 0. The summed E-state index contributed by atoms with van der Waals surface area (Å²) in [6.07, 6.45) is 5.39. The molecule has 1 saturated carbocycles. The fourth-order valence-electron chi connectivity index (χ4n) is 3.09. The zero-order valence-corrected chi connectivity index (χ0v) is 13.7. The molecular weight excluding hydrogens is 322 g/mol. The van der Waals surface area contributed by atoms with Crippen molar-refractivity contribution in [2.45, 2.75) is 25.0 Å². The maximum Gasteiger partial charge on any atom is 0.252 e. The predicted molar refractivity (Wildman–Crippen MR) is 90.0 cm³/mol. The van der Waals surface area contributed by atoms with Gasteiger partial charge >= 0.3 is 0 Å². The van der Waals surface area contributed by atoms with Crippen molar-refractivity contribution in [1.29, 1.82) is 0 Å². The van der Waals surface area contributed by atoms with Gasteiger partial charge in [-0.3, -0.25) is 14.8 Å². The van der Waals surface area contributed by atoms with Gasteiger partial charge in [0.25, 0.3) is 5.91 Å². The van der Waals surface area contributed by atoms with E-state index < -0.39 is 17.6 Å². The zero-order chi connectivity index (χ0) is 17.7. The van der Waals surface area contributed by atoms with Crippen molar-refractivity contribution in [3.05, 3.63) is 54.6 Å². The fraction of sp³-hybridized carbons (Fsp3) is 0.389. The van der Waals surface area contributed by atoms with Crippen LogP contribution in [0.3, 0.4) is 0 Å². The summed E-state index contributed by atoms with van der Waals surface area (Å²) < 4.78 is 5.78. The van der Waals surface area contributed by atoms with Gasteiger partial charge in [0.05, 0.1) is 30.6 Å². The Morgan fingerprint density at radius 1 is 1.16 bits per heavy atom. The number of amides is 1. The molecule has 3 atom stereocenters. The van der Waals surface area contributed by atoms with E-state index in [0.29, 0.717) is 24.2 Å².